The highest BCUT2D eigenvalue weighted by atomic mass is 19.4. The average molecular weight is 208 g/mol. The zero-order valence-electron chi connectivity index (χ0n) is 6.93. The van der Waals surface area contributed by atoms with E-state index >= 15 is 0 Å². The molecule has 0 spiro atoms. The molecule has 78 valence electrons. The van der Waals surface area contributed by atoms with Crippen LogP contribution in [0.15, 0.2) is 6.07 Å². The molecule has 0 saturated heterocycles. The van der Waals surface area contributed by atoms with E-state index in [1.165, 1.54) is 0 Å². The first kappa shape index (κ1) is 10.6. The summed E-state index contributed by atoms with van der Waals surface area (Å²) in [5, 5.41) is 14.0. The van der Waals surface area contributed by atoms with Gasteiger partial charge in [0.15, 0.2) is 0 Å². The number of aryl methyl sites for hydroxylation is 1. The summed E-state index contributed by atoms with van der Waals surface area (Å²) in [6.45, 7) is 0. The molecule has 0 fully saturated rings. The first-order valence-electron chi connectivity index (χ1n) is 3.73. The number of aromatic carboxylic acids is 1. The molecule has 14 heavy (non-hydrogen) atoms. The van der Waals surface area contributed by atoms with E-state index in [9.17, 15) is 18.0 Å². The minimum atomic E-state index is -4.25. The number of carboxylic acids is 1. The molecule has 0 radical (unpaired) electrons. The van der Waals surface area contributed by atoms with E-state index in [-0.39, 0.29) is 17.8 Å². The van der Waals surface area contributed by atoms with Crippen molar-refractivity contribution >= 4 is 5.97 Å². The molecule has 0 aliphatic rings. The number of carboxylic acid groups (broad SMARTS) is 1. The number of aromatic amines is 1. The number of nitrogens with zero attached hydrogens (tertiary/aromatic N) is 1. The second-order valence-electron chi connectivity index (χ2n) is 2.69. The maximum Gasteiger partial charge on any atom is 0.389 e. The van der Waals surface area contributed by atoms with E-state index in [4.69, 9.17) is 5.11 Å². The van der Waals surface area contributed by atoms with Gasteiger partial charge in [0.05, 0.1) is 5.69 Å². The maximum atomic E-state index is 11.8. The smallest absolute Gasteiger partial charge is 0.389 e. The third kappa shape index (κ3) is 3.08. The topological polar surface area (TPSA) is 66.0 Å². The van der Waals surface area contributed by atoms with Gasteiger partial charge in [0, 0.05) is 12.8 Å². The average Bonchev–Trinajstić information content (AvgIpc) is 2.47. The number of carbonyl (C=O) groups is 1. The summed E-state index contributed by atoms with van der Waals surface area (Å²) >= 11 is 0. The molecule has 1 aromatic heterocycles. The van der Waals surface area contributed by atoms with Crippen LogP contribution in [0.3, 0.4) is 0 Å². The lowest BCUT2D eigenvalue weighted by atomic mass is 10.2. The van der Waals surface area contributed by atoms with Crippen molar-refractivity contribution < 1.29 is 23.1 Å². The van der Waals surface area contributed by atoms with Crippen LogP contribution in [0, 0.1) is 0 Å². The van der Waals surface area contributed by atoms with E-state index in [2.05, 4.69) is 10.2 Å². The van der Waals surface area contributed by atoms with Gasteiger partial charge >= 0.3 is 12.1 Å². The third-order valence-electron chi connectivity index (χ3n) is 1.53. The molecule has 7 heteroatoms. The van der Waals surface area contributed by atoms with Gasteiger partial charge in [-0.2, -0.15) is 18.3 Å². The third-order valence-corrected chi connectivity index (χ3v) is 1.53. The summed E-state index contributed by atoms with van der Waals surface area (Å²) in [4.78, 5) is 10.3. The van der Waals surface area contributed by atoms with Gasteiger partial charge in [0.2, 0.25) is 0 Å². The van der Waals surface area contributed by atoms with Crippen LogP contribution in [-0.2, 0) is 6.42 Å². The quantitative estimate of drug-likeness (QED) is 0.792. The first-order valence-corrected chi connectivity index (χ1v) is 3.73. The molecular weight excluding hydrogens is 201 g/mol. The van der Waals surface area contributed by atoms with Gasteiger partial charge < -0.3 is 5.11 Å². The summed E-state index contributed by atoms with van der Waals surface area (Å²) in [6.07, 6.45) is -5.56. The lowest BCUT2D eigenvalue weighted by molar-refractivity contribution is -0.134. The number of alkyl halides is 3. The standard InChI is InChI=1S/C7H7F3N2O2/c8-7(9,10)2-1-4-3-5(6(13)14)12-11-4/h3H,1-2H2,(H,11,12)(H,13,14). The van der Waals surface area contributed by atoms with E-state index in [0.29, 0.717) is 0 Å². The Balaban J connectivity index is 2.56. The molecule has 1 heterocycles. The van der Waals surface area contributed by atoms with Crippen molar-refractivity contribution in [3.05, 3.63) is 17.5 Å². The van der Waals surface area contributed by atoms with Gasteiger partial charge in [0.25, 0.3) is 0 Å². The van der Waals surface area contributed by atoms with Crippen LogP contribution in [0.2, 0.25) is 0 Å². The van der Waals surface area contributed by atoms with Crippen molar-refractivity contribution in [1.82, 2.24) is 10.2 Å². The molecule has 0 aliphatic heterocycles. The zero-order chi connectivity index (χ0) is 10.8. The molecule has 4 nitrogen and oxygen atoms in total. The molecule has 0 saturated carbocycles. The van der Waals surface area contributed by atoms with E-state index < -0.39 is 18.6 Å². The lowest BCUT2D eigenvalue weighted by Crippen LogP contribution is -2.08. The summed E-state index contributed by atoms with van der Waals surface area (Å²) in [6, 6.07) is 1.09. The number of nitrogens with one attached hydrogen (secondary N) is 1. The second kappa shape index (κ2) is 3.69. The van der Waals surface area contributed by atoms with Gasteiger partial charge in [-0.1, -0.05) is 0 Å². The minimum absolute atomic E-state index is 0.0970. The largest absolute Gasteiger partial charge is 0.477 e. The van der Waals surface area contributed by atoms with Crippen LogP contribution in [-0.4, -0.2) is 27.4 Å². The van der Waals surface area contributed by atoms with Gasteiger partial charge in [0.1, 0.15) is 5.69 Å². The number of rotatable bonds is 3. The Morgan fingerprint density at radius 2 is 2.21 bits per heavy atom. The van der Waals surface area contributed by atoms with E-state index in [1.54, 1.807) is 0 Å². The molecule has 1 rings (SSSR count). The molecule has 0 bridgehead atoms. The molecule has 0 unspecified atom stereocenters. The highest BCUT2D eigenvalue weighted by Gasteiger charge is 2.27. The molecule has 1 aromatic rings. The Labute approximate surface area is 76.7 Å². The Morgan fingerprint density at radius 1 is 1.57 bits per heavy atom. The van der Waals surface area contributed by atoms with E-state index in [0.717, 1.165) is 6.07 Å². The van der Waals surface area contributed by atoms with Crippen LogP contribution in [0.1, 0.15) is 22.6 Å². The van der Waals surface area contributed by atoms with E-state index in [1.807, 2.05) is 0 Å². The second-order valence-corrected chi connectivity index (χ2v) is 2.69. The predicted molar refractivity (Wildman–Crippen MR) is 39.9 cm³/mol. The van der Waals surface area contributed by atoms with Gasteiger partial charge in [-0.3, -0.25) is 5.10 Å². The molecule has 0 aliphatic carbocycles. The maximum absolute atomic E-state index is 11.8. The highest BCUT2D eigenvalue weighted by molar-refractivity contribution is 5.85. The van der Waals surface area contributed by atoms with Crippen LogP contribution in [0.25, 0.3) is 0 Å². The monoisotopic (exact) mass is 208 g/mol. The Bertz CT molecular complexity index is 332. The molecule has 0 amide bonds. The summed E-state index contributed by atoms with van der Waals surface area (Å²) in [5.74, 6) is -1.24. The number of aromatic nitrogens is 2. The fourth-order valence-corrected chi connectivity index (χ4v) is 0.871. The fraction of sp³-hybridized carbons (Fsp3) is 0.429. The van der Waals surface area contributed by atoms with Crippen molar-refractivity contribution in [2.24, 2.45) is 0 Å². The fourth-order valence-electron chi connectivity index (χ4n) is 0.871. The van der Waals surface area contributed by atoms with Crippen LogP contribution < -0.4 is 0 Å². The number of halogens is 3. The summed E-state index contributed by atoms with van der Waals surface area (Å²) in [7, 11) is 0. The highest BCUT2D eigenvalue weighted by Crippen LogP contribution is 2.21. The predicted octanol–water partition coefficient (Wildman–Crippen LogP) is 1.60. The van der Waals surface area contributed by atoms with Crippen molar-refractivity contribution in [1.29, 1.82) is 0 Å². The Morgan fingerprint density at radius 3 is 2.64 bits per heavy atom. The van der Waals surface area contributed by atoms with Crippen molar-refractivity contribution in [3.8, 4) is 0 Å². The molecular formula is C7H7F3N2O2. The molecule has 0 atom stereocenters. The SMILES string of the molecule is O=C(O)c1cc(CCC(F)(F)F)n[nH]1. The molecule has 0 aromatic carbocycles. The van der Waals surface area contributed by atoms with Crippen LogP contribution in [0.4, 0.5) is 13.2 Å². The number of H-pyrrole nitrogens is 1. The van der Waals surface area contributed by atoms with Crippen LogP contribution in [0.5, 0.6) is 0 Å². The normalized spacial score (nSPS) is 11.6. The summed E-state index contributed by atoms with van der Waals surface area (Å²) < 4.78 is 35.3. The van der Waals surface area contributed by atoms with Gasteiger partial charge in [-0.05, 0) is 6.07 Å². The van der Waals surface area contributed by atoms with Crippen molar-refractivity contribution in [2.75, 3.05) is 0 Å². The first-order chi connectivity index (χ1) is 6.38. The Kier molecular flexibility index (Phi) is 2.78. The van der Waals surface area contributed by atoms with Crippen molar-refractivity contribution in [2.45, 2.75) is 19.0 Å². The van der Waals surface area contributed by atoms with Crippen molar-refractivity contribution in [3.63, 3.8) is 0 Å². The Hall–Kier alpha value is -1.53. The summed E-state index contributed by atoms with van der Waals surface area (Å²) in [5.41, 5.74) is -0.109. The number of hydrogen-bond donors (Lipinski definition) is 2. The van der Waals surface area contributed by atoms with Gasteiger partial charge in [-0.25, -0.2) is 4.79 Å². The number of hydrogen-bond acceptors (Lipinski definition) is 2. The lowest BCUT2D eigenvalue weighted by Gasteiger charge is -2.02. The van der Waals surface area contributed by atoms with Gasteiger partial charge in [-0.15, -0.1) is 0 Å². The zero-order valence-corrected chi connectivity index (χ0v) is 6.93. The van der Waals surface area contributed by atoms with Crippen LogP contribution >= 0.6 is 0 Å². The minimum Gasteiger partial charge on any atom is -0.477 e. The molecule has 2 N–H and O–H groups in total.